The van der Waals surface area contributed by atoms with E-state index in [-0.39, 0.29) is 18.0 Å². The number of benzene rings is 1. The number of nitrogens with zero attached hydrogens (tertiary/aromatic N) is 2. The zero-order valence-corrected chi connectivity index (χ0v) is 17.6. The van der Waals surface area contributed by atoms with Gasteiger partial charge in [0, 0.05) is 24.1 Å². The lowest BCUT2D eigenvalue weighted by Gasteiger charge is -2.22. The molecular weight excluding hydrogens is 384 g/mol. The summed E-state index contributed by atoms with van der Waals surface area (Å²) in [5.41, 5.74) is 2.60. The van der Waals surface area contributed by atoms with Crippen molar-refractivity contribution in [1.82, 2.24) is 15.2 Å². The summed E-state index contributed by atoms with van der Waals surface area (Å²) in [5.74, 6) is 1.19. The van der Waals surface area contributed by atoms with Crippen LogP contribution in [0.5, 0.6) is 11.6 Å². The van der Waals surface area contributed by atoms with E-state index in [1.165, 1.54) is 0 Å². The minimum absolute atomic E-state index is 0.0758. The van der Waals surface area contributed by atoms with Gasteiger partial charge < -0.3 is 25.0 Å². The Bertz CT molecular complexity index is 883. The van der Waals surface area contributed by atoms with Crippen LogP contribution in [0, 0.1) is 0 Å². The van der Waals surface area contributed by atoms with E-state index >= 15 is 0 Å². The van der Waals surface area contributed by atoms with Gasteiger partial charge in [0.25, 0.3) is 0 Å². The number of nitrogens with one attached hydrogen (secondary N) is 2. The number of carbonyl (C=O) groups excluding carboxylic acids is 2. The first-order chi connectivity index (χ1) is 14.4. The Hall–Kier alpha value is -3.29. The van der Waals surface area contributed by atoms with Crippen LogP contribution in [0.25, 0.3) is 0 Å². The monoisotopic (exact) mass is 412 g/mol. The topological polar surface area (TPSA) is 92.8 Å². The molecule has 2 N–H and O–H groups in total. The van der Waals surface area contributed by atoms with Gasteiger partial charge in [-0.3, -0.25) is 4.79 Å². The van der Waals surface area contributed by atoms with Crippen molar-refractivity contribution < 1.29 is 19.1 Å². The molecule has 1 aromatic carbocycles. The smallest absolute Gasteiger partial charge is 0.318 e. The minimum Gasteiger partial charge on any atom is -0.491 e. The van der Waals surface area contributed by atoms with Gasteiger partial charge in [-0.15, -0.1) is 0 Å². The van der Waals surface area contributed by atoms with E-state index in [1.54, 1.807) is 30.3 Å². The minimum atomic E-state index is -0.0978. The highest BCUT2D eigenvalue weighted by atomic mass is 16.5. The fourth-order valence-electron chi connectivity index (χ4n) is 3.17. The molecule has 1 aliphatic heterocycles. The third-order valence-corrected chi connectivity index (χ3v) is 4.67. The second-order valence-corrected chi connectivity index (χ2v) is 7.45. The van der Waals surface area contributed by atoms with Crippen molar-refractivity contribution in [3.63, 3.8) is 0 Å². The van der Waals surface area contributed by atoms with Crippen molar-refractivity contribution in [1.29, 1.82) is 0 Å². The molecule has 160 valence electrons. The highest BCUT2D eigenvalue weighted by Crippen LogP contribution is 2.25. The van der Waals surface area contributed by atoms with Gasteiger partial charge in [0.2, 0.25) is 11.8 Å². The van der Waals surface area contributed by atoms with Crippen molar-refractivity contribution in [3.8, 4) is 11.6 Å². The number of hydrogen-bond acceptors (Lipinski definition) is 5. The number of ether oxygens (including phenoxy) is 2. The largest absolute Gasteiger partial charge is 0.491 e. The summed E-state index contributed by atoms with van der Waals surface area (Å²) in [5, 5.41) is 5.75. The molecule has 0 aliphatic carbocycles. The van der Waals surface area contributed by atoms with Gasteiger partial charge in [0.1, 0.15) is 12.4 Å². The molecule has 0 atom stereocenters. The van der Waals surface area contributed by atoms with Crippen LogP contribution < -0.4 is 20.1 Å². The Morgan fingerprint density at radius 3 is 2.80 bits per heavy atom. The van der Waals surface area contributed by atoms with E-state index in [9.17, 15) is 9.59 Å². The lowest BCUT2D eigenvalue weighted by Crippen LogP contribution is -2.43. The van der Waals surface area contributed by atoms with Crippen molar-refractivity contribution in [3.05, 3.63) is 47.7 Å². The summed E-state index contributed by atoms with van der Waals surface area (Å²) in [6.45, 7) is 5.33. The number of urea groups is 1. The van der Waals surface area contributed by atoms with Crippen LogP contribution in [-0.2, 0) is 17.8 Å². The SMILES string of the molecule is COc1ccc(NC(=O)CCc2ccc3c(c2)CN(C(=O)NC(C)C)CCO3)cn1. The second kappa shape index (κ2) is 9.96. The molecule has 3 rings (SSSR count). The molecule has 2 heterocycles. The van der Waals surface area contributed by atoms with Gasteiger partial charge in [-0.05, 0) is 38.0 Å². The summed E-state index contributed by atoms with van der Waals surface area (Å²) in [7, 11) is 1.54. The third kappa shape index (κ3) is 5.85. The molecular formula is C22H28N4O4. The molecule has 1 aromatic heterocycles. The normalized spacial score (nSPS) is 13.1. The van der Waals surface area contributed by atoms with Crippen molar-refractivity contribution in [2.45, 2.75) is 39.3 Å². The molecule has 30 heavy (non-hydrogen) atoms. The summed E-state index contributed by atoms with van der Waals surface area (Å²) < 4.78 is 10.8. The predicted octanol–water partition coefficient (Wildman–Crippen LogP) is 2.97. The molecule has 0 radical (unpaired) electrons. The van der Waals surface area contributed by atoms with Gasteiger partial charge in [0.15, 0.2) is 0 Å². The maximum atomic E-state index is 12.4. The molecule has 2 aromatic rings. The van der Waals surface area contributed by atoms with E-state index in [1.807, 2.05) is 32.0 Å². The first-order valence-electron chi connectivity index (χ1n) is 10.0. The lowest BCUT2D eigenvalue weighted by atomic mass is 10.0. The van der Waals surface area contributed by atoms with Crippen LogP contribution in [0.3, 0.4) is 0 Å². The van der Waals surface area contributed by atoms with Crippen molar-refractivity contribution in [2.24, 2.45) is 0 Å². The van der Waals surface area contributed by atoms with Gasteiger partial charge in [-0.25, -0.2) is 9.78 Å². The first kappa shape index (κ1) is 21.4. The van der Waals surface area contributed by atoms with E-state index in [2.05, 4.69) is 15.6 Å². The molecule has 0 unspecified atom stereocenters. The van der Waals surface area contributed by atoms with E-state index < -0.39 is 0 Å². The van der Waals surface area contributed by atoms with E-state index in [4.69, 9.17) is 9.47 Å². The number of fused-ring (bicyclic) bond motifs is 1. The number of pyridine rings is 1. The van der Waals surface area contributed by atoms with Gasteiger partial charge in [-0.2, -0.15) is 0 Å². The maximum absolute atomic E-state index is 12.4. The standard InChI is InChI=1S/C22H28N4O4/c1-15(2)24-22(28)26-10-11-30-19-7-4-16(12-17(19)14-26)5-8-20(27)25-18-6-9-21(29-3)23-13-18/h4,6-7,9,12-13,15H,5,8,10-11,14H2,1-3H3,(H,24,28)(H,25,27). The average Bonchev–Trinajstić information content (AvgIpc) is 2.94. The Morgan fingerprint density at radius 2 is 2.10 bits per heavy atom. The first-order valence-corrected chi connectivity index (χ1v) is 10.0. The van der Waals surface area contributed by atoms with E-state index in [0.717, 1.165) is 16.9 Å². The Morgan fingerprint density at radius 1 is 1.27 bits per heavy atom. The highest BCUT2D eigenvalue weighted by Gasteiger charge is 2.20. The van der Waals surface area contributed by atoms with Crippen LogP contribution in [0.1, 0.15) is 31.4 Å². The fourth-order valence-corrected chi connectivity index (χ4v) is 3.17. The average molecular weight is 412 g/mol. The summed E-state index contributed by atoms with van der Waals surface area (Å²) >= 11 is 0. The number of methoxy groups -OCH3 is 1. The number of amides is 3. The Kier molecular flexibility index (Phi) is 7.11. The highest BCUT2D eigenvalue weighted by molar-refractivity contribution is 5.90. The van der Waals surface area contributed by atoms with Gasteiger partial charge >= 0.3 is 6.03 Å². The fraction of sp³-hybridized carbons (Fsp3) is 0.409. The Balaban J connectivity index is 1.59. The zero-order chi connectivity index (χ0) is 21.5. The van der Waals surface area contributed by atoms with E-state index in [0.29, 0.717) is 44.1 Å². The summed E-state index contributed by atoms with van der Waals surface area (Å²) in [4.78, 5) is 30.5. The zero-order valence-electron chi connectivity index (χ0n) is 17.6. The van der Waals surface area contributed by atoms with Gasteiger partial charge in [0.05, 0.1) is 32.1 Å². The van der Waals surface area contributed by atoms with Crippen LogP contribution in [-0.4, -0.2) is 48.1 Å². The molecule has 8 nitrogen and oxygen atoms in total. The number of hydrogen-bond donors (Lipinski definition) is 2. The van der Waals surface area contributed by atoms with Crippen LogP contribution in [0.2, 0.25) is 0 Å². The number of anilines is 1. The molecule has 0 saturated carbocycles. The number of aromatic nitrogens is 1. The lowest BCUT2D eigenvalue weighted by molar-refractivity contribution is -0.116. The molecule has 3 amide bonds. The molecule has 0 bridgehead atoms. The molecule has 0 fully saturated rings. The maximum Gasteiger partial charge on any atom is 0.318 e. The van der Waals surface area contributed by atoms with Crippen molar-refractivity contribution in [2.75, 3.05) is 25.6 Å². The number of aryl methyl sites for hydroxylation is 1. The molecule has 1 aliphatic rings. The quantitative estimate of drug-likeness (QED) is 0.761. The number of carbonyl (C=O) groups is 2. The van der Waals surface area contributed by atoms with Gasteiger partial charge in [-0.1, -0.05) is 12.1 Å². The molecule has 8 heteroatoms. The summed E-state index contributed by atoms with van der Waals surface area (Å²) in [6, 6.07) is 9.32. The van der Waals surface area contributed by atoms with Crippen LogP contribution in [0.4, 0.5) is 10.5 Å². The second-order valence-electron chi connectivity index (χ2n) is 7.45. The Labute approximate surface area is 176 Å². The van der Waals surface area contributed by atoms with Crippen LogP contribution in [0.15, 0.2) is 36.5 Å². The predicted molar refractivity (Wildman–Crippen MR) is 114 cm³/mol. The van der Waals surface area contributed by atoms with Crippen LogP contribution >= 0.6 is 0 Å². The summed E-state index contributed by atoms with van der Waals surface area (Å²) in [6.07, 6.45) is 2.48. The third-order valence-electron chi connectivity index (χ3n) is 4.67. The number of rotatable bonds is 6. The molecule has 0 spiro atoms. The van der Waals surface area contributed by atoms with Crippen molar-refractivity contribution >= 4 is 17.6 Å². The molecule has 0 saturated heterocycles.